The molecule has 12 heteroatoms. The van der Waals surface area contributed by atoms with Gasteiger partial charge in [0.25, 0.3) is 0 Å². The summed E-state index contributed by atoms with van der Waals surface area (Å²) >= 11 is 15.2. The molecule has 0 spiro atoms. The van der Waals surface area contributed by atoms with Gasteiger partial charge in [-0.2, -0.15) is 5.26 Å². The van der Waals surface area contributed by atoms with Gasteiger partial charge in [-0.05, 0) is 42.5 Å². The normalized spacial score (nSPS) is 17.1. The minimum Gasteiger partial charge on any atom is -0.384 e. The van der Waals surface area contributed by atoms with Gasteiger partial charge < -0.3 is 11.1 Å². The summed E-state index contributed by atoms with van der Waals surface area (Å²) in [6, 6.07) is 17.2. The molecule has 0 saturated heterocycles. The first kappa shape index (κ1) is 28.2. The summed E-state index contributed by atoms with van der Waals surface area (Å²) in [6.07, 6.45) is 2.34. The van der Waals surface area contributed by atoms with E-state index in [-0.39, 0.29) is 28.8 Å². The number of carbonyl (C=O) groups is 2. The number of Topliss-reactive ketones (excluding diaryl/α,β-unsaturated/α-hetero) is 1. The molecule has 5 rings (SSSR count). The summed E-state index contributed by atoms with van der Waals surface area (Å²) in [4.78, 5) is 27.3. The average molecular weight is 612 g/mol. The fourth-order valence-corrected chi connectivity index (χ4v) is 7.10. The van der Waals surface area contributed by atoms with Gasteiger partial charge in [-0.25, -0.2) is 0 Å². The second kappa shape index (κ2) is 12.4. The van der Waals surface area contributed by atoms with Crippen molar-refractivity contribution < 1.29 is 9.59 Å². The Kier molecular flexibility index (Phi) is 8.76. The van der Waals surface area contributed by atoms with Crippen LogP contribution in [0.2, 0.25) is 10.0 Å². The Hall–Kier alpha value is -3.36. The molecule has 0 radical (unpaired) electrons. The van der Waals surface area contributed by atoms with Crippen LogP contribution in [-0.2, 0) is 16.0 Å². The van der Waals surface area contributed by atoms with Crippen molar-refractivity contribution in [1.82, 2.24) is 15.5 Å². The third-order valence-electron chi connectivity index (χ3n) is 6.68. The van der Waals surface area contributed by atoms with Crippen LogP contribution in [0.5, 0.6) is 0 Å². The number of anilines is 1. The number of nitrogens with zero attached hydrogens (tertiary/aromatic N) is 4. The smallest absolute Gasteiger partial charge is 0.230 e. The number of hydrogen-bond acceptors (Lipinski definition) is 9. The van der Waals surface area contributed by atoms with Crippen LogP contribution < -0.4 is 16.0 Å². The molecule has 40 heavy (non-hydrogen) atoms. The molecule has 2 aliphatic rings. The lowest BCUT2D eigenvalue weighted by atomic mass is 9.76. The van der Waals surface area contributed by atoms with Crippen LogP contribution in [0.4, 0.5) is 5.13 Å². The molecule has 3 N–H and O–H groups in total. The van der Waals surface area contributed by atoms with Crippen molar-refractivity contribution in [3.63, 3.8) is 0 Å². The molecule has 0 bridgehead atoms. The molecular weight excluding hydrogens is 587 g/mol. The van der Waals surface area contributed by atoms with E-state index < -0.39 is 5.92 Å². The van der Waals surface area contributed by atoms with Gasteiger partial charge in [0.05, 0.1) is 23.3 Å². The Labute approximate surface area is 249 Å². The van der Waals surface area contributed by atoms with E-state index in [1.807, 2.05) is 30.3 Å². The Morgan fingerprint density at radius 1 is 1.20 bits per heavy atom. The molecule has 2 aromatic carbocycles. The third-order valence-corrected chi connectivity index (χ3v) is 9.28. The first-order chi connectivity index (χ1) is 19.4. The Morgan fingerprint density at radius 2 is 2.00 bits per heavy atom. The zero-order valence-corrected chi connectivity index (χ0v) is 24.3. The molecule has 3 aromatic rings. The quantitative estimate of drug-likeness (QED) is 0.316. The number of aromatic nitrogens is 2. The fourth-order valence-electron chi connectivity index (χ4n) is 4.87. The predicted octanol–water partition coefficient (Wildman–Crippen LogP) is 5.60. The molecule has 0 fully saturated rings. The number of allylic oxidation sites excluding steroid dienone is 3. The molecule has 1 atom stereocenters. The summed E-state index contributed by atoms with van der Waals surface area (Å²) < 4.78 is 0.576. The Morgan fingerprint density at radius 3 is 2.75 bits per heavy atom. The number of thioether (sulfide) groups is 1. The van der Waals surface area contributed by atoms with Crippen LogP contribution >= 0.6 is 46.3 Å². The Balaban J connectivity index is 1.36. The third kappa shape index (κ3) is 5.88. The van der Waals surface area contributed by atoms with Crippen molar-refractivity contribution >= 4 is 63.1 Å². The maximum atomic E-state index is 13.3. The van der Waals surface area contributed by atoms with Crippen LogP contribution in [0.15, 0.2) is 75.5 Å². The molecular formula is C28H24Cl2N6O2S2. The molecule has 204 valence electrons. The fraction of sp³-hybridized carbons (Fsp3) is 0.250. The number of halogens is 2. The summed E-state index contributed by atoms with van der Waals surface area (Å²) in [6.45, 7) is 0.542. The number of carbonyl (C=O) groups excluding carboxylic acids is 2. The lowest BCUT2D eigenvalue weighted by molar-refractivity contribution is -0.118. The maximum absolute atomic E-state index is 13.3. The highest BCUT2D eigenvalue weighted by molar-refractivity contribution is 8.01. The number of amides is 1. The van der Waals surface area contributed by atoms with Crippen LogP contribution in [-0.4, -0.2) is 34.2 Å². The summed E-state index contributed by atoms with van der Waals surface area (Å²) in [5.74, 6) is -0.503. The molecule has 1 aliphatic carbocycles. The summed E-state index contributed by atoms with van der Waals surface area (Å²) in [7, 11) is 0. The van der Waals surface area contributed by atoms with Crippen molar-refractivity contribution in [2.24, 2.45) is 5.73 Å². The van der Waals surface area contributed by atoms with E-state index in [0.29, 0.717) is 62.2 Å². The van der Waals surface area contributed by atoms with Crippen molar-refractivity contribution in [2.75, 3.05) is 17.2 Å². The first-order valence-corrected chi connectivity index (χ1v) is 15.1. The van der Waals surface area contributed by atoms with Crippen LogP contribution in [0, 0.1) is 11.3 Å². The lowest BCUT2D eigenvalue weighted by Crippen LogP contribution is -2.38. The van der Waals surface area contributed by atoms with Gasteiger partial charge in [0, 0.05) is 34.3 Å². The molecule has 1 unspecified atom stereocenters. The van der Waals surface area contributed by atoms with E-state index in [4.69, 9.17) is 28.9 Å². The van der Waals surface area contributed by atoms with E-state index in [2.05, 4.69) is 21.6 Å². The van der Waals surface area contributed by atoms with Crippen molar-refractivity contribution in [2.45, 2.75) is 35.9 Å². The second-order valence-electron chi connectivity index (χ2n) is 9.21. The lowest BCUT2D eigenvalue weighted by Gasteiger charge is -2.38. The highest BCUT2D eigenvalue weighted by Crippen LogP contribution is 2.48. The minimum absolute atomic E-state index is 0.0613. The average Bonchev–Trinajstić information content (AvgIpc) is 3.41. The van der Waals surface area contributed by atoms with Gasteiger partial charge in [-0.3, -0.25) is 14.5 Å². The van der Waals surface area contributed by atoms with E-state index in [9.17, 15) is 14.9 Å². The van der Waals surface area contributed by atoms with Gasteiger partial charge in [-0.15, -0.1) is 10.2 Å². The molecule has 1 aliphatic heterocycles. The second-order valence-corrected chi connectivity index (χ2v) is 12.2. The largest absolute Gasteiger partial charge is 0.384 e. The molecule has 2 heterocycles. The number of nitrogens with two attached hydrogens (primary N) is 1. The van der Waals surface area contributed by atoms with Crippen LogP contribution in [0.1, 0.15) is 36.3 Å². The molecule has 1 aromatic heterocycles. The molecule has 8 nitrogen and oxygen atoms in total. The topological polar surface area (TPSA) is 125 Å². The number of benzene rings is 2. The number of ketones is 1. The standard InChI is InChI=1S/C28H24Cl2N6O2S2/c29-17-9-10-18(20(30)13-17)24-19(14-31)26(32)36(21-7-4-8-22(37)25(21)24)27-34-35-28(40-27)39-15-23(38)33-12-11-16-5-2-1-3-6-16/h1-3,5-6,9-10,13,24H,4,7-8,11-12,15,32H2,(H,33,38). The van der Waals surface area contributed by atoms with E-state index >= 15 is 0 Å². The van der Waals surface area contributed by atoms with Gasteiger partial charge in [0.2, 0.25) is 11.0 Å². The number of hydrogen-bond donors (Lipinski definition) is 2. The number of nitrogens with one attached hydrogen (secondary N) is 1. The summed E-state index contributed by atoms with van der Waals surface area (Å²) in [5, 5.41) is 22.9. The number of rotatable bonds is 8. The van der Waals surface area contributed by atoms with E-state index in [1.165, 1.54) is 23.1 Å². The van der Waals surface area contributed by atoms with Gasteiger partial charge in [0.15, 0.2) is 10.1 Å². The monoisotopic (exact) mass is 610 g/mol. The zero-order valence-electron chi connectivity index (χ0n) is 21.2. The van der Waals surface area contributed by atoms with Crippen molar-refractivity contribution in [1.29, 1.82) is 5.26 Å². The van der Waals surface area contributed by atoms with Gasteiger partial charge in [0.1, 0.15) is 5.82 Å². The van der Waals surface area contributed by atoms with Gasteiger partial charge in [-0.1, -0.05) is 82.7 Å². The van der Waals surface area contributed by atoms with Gasteiger partial charge >= 0.3 is 0 Å². The molecule has 1 amide bonds. The highest BCUT2D eigenvalue weighted by Gasteiger charge is 2.42. The van der Waals surface area contributed by atoms with Crippen molar-refractivity contribution in [3.05, 3.63) is 92.4 Å². The van der Waals surface area contributed by atoms with Crippen molar-refractivity contribution in [3.8, 4) is 6.07 Å². The maximum Gasteiger partial charge on any atom is 0.230 e. The van der Waals surface area contributed by atoms with E-state index in [1.54, 1.807) is 23.1 Å². The number of nitriles is 1. The van der Waals surface area contributed by atoms with E-state index in [0.717, 1.165) is 12.0 Å². The minimum atomic E-state index is -0.699. The van der Waals surface area contributed by atoms with Crippen LogP contribution in [0.25, 0.3) is 0 Å². The zero-order chi connectivity index (χ0) is 28.2. The highest BCUT2D eigenvalue weighted by atomic mass is 35.5. The summed E-state index contributed by atoms with van der Waals surface area (Å²) in [5.41, 5.74) is 9.74. The SMILES string of the molecule is N#CC1=C(N)N(c2nnc(SCC(=O)NCCc3ccccc3)s2)C2=C(C(=O)CCC2)C1c1ccc(Cl)cc1Cl. The van der Waals surface area contributed by atoms with Crippen LogP contribution in [0.3, 0.4) is 0 Å². The molecule has 0 saturated carbocycles. The Bertz CT molecular complexity index is 1560. The predicted molar refractivity (Wildman–Crippen MR) is 158 cm³/mol. The first-order valence-electron chi connectivity index (χ1n) is 12.6.